The van der Waals surface area contributed by atoms with Crippen molar-refractivity contribution in [3.8, 4) is 11.5 Å². The lowest BCUT2D eigenvalue weighted by atomic mass is 10.2. The predicted molar refractivity (Wildman–Crippen MR) is 104 cm³/mol. The number of amides is 1. The molecule has 1 amide bonds. The number of fused-ring (bicyclic) bond motifs is 1. The Hall–Kier alpha value is -1.70. The Balaban J connectivity index is 1.47. The summed E-state index contributed by atoms with van der Waals surface area (Å²) in [5.41, 5.74) is 4.31. The summed E-state index contributed by atoms with van der Waals surface area (Å²) in [5, 5.41) is 4.69. The van der Waals surface area contributed by atoms with Crippen LogP contribution in [0, 0.1) is 0 Å². The first-order valence-electron chi connectivity index (χ1n) is 7.35. The van der Waals surface area contributed by atoms with Gasteiger partial charge >= 0.3 is 0 Å². The van der Waals surface area contributed by atoms with Gasteiger partial charge in [-0.25, -0.2) is 5.43 Å². The number of carbonyl (C=O) groups is 1. The van der Waals surface area contributed by atoms with Gasteiger partial charge in [-0.3, -0.25) is 4.79 Å². The highest BCUT2D eigenvalue weighted by molar-refractivity contribution is 9.10. The number of rotatable bonds is 6. The summed E-state index contributed by atoms with van der Waals surface area (Å²) in [6.45, 7) is 0.210. The lowest BCUT2D eigenvalue weighted by molar-refractivity contribution is -0.118. The van der Waals surface area contributed by atoms with E-state index in [2.05, 4.69) is 26.5 Å². The van der Waals surface area contributed by atoms with Crippen LogP contribution in [0.25, 0.3) is 0 Å². The highest BCUT2D eigenvalue weighted by atomic mass is 79.9. The maximum absolute atomic E-state index is 11.8. The molecule has 0 aliphatic carbocycles. The molecule has 0 spiro atoms. The molecule has 1 N–H and O–H groups in total. The second-order valence-electron chi connectivity index (χ2n) is 5.10. The van der Waals surface area contributed by atoms with Gasteiger partial charge in [0.25, 0.3) is 0 Å². The number of ether oxygens (including phenoxy) is 2. The molecule has 2 aromatic carbocycles. The zero-order valence-corrected chi connectivity index (χ0v) is 16.2. The molecule has 8 heteroatoms. The van der Waals surface area contributed by atoms with Crippen LogP contribution in [0.4, 0.5) is 0 Å². The molecule has 0 atom stereocenters. The zero-order chi connectivity index (χ0) is 17.6. The first kappa shape index (κ1) is 18.1. The van der Waals surface area contributed by atoms with Gasteiger partial charge in [0.1, 0.15) is 0 Å². The summed E-state index contributed by atoms with van der Waals surface area (Å²) in [6, 6.07) is 11.2. The number of hydrogen-bond acceptors (Lipinski definition) is 5. The summed E-state index contributed by atoms with van der Waals surface area (Å²) >= 11 is 11.0. The van der Waals surface area contributed by atoms with Crippen LogP contribution in [0.15, 0.2) is 46.0 Å². The molecule has 1 aliphatic heterocycles. The highest BCUT2D eigenvalue weighted by Crippen LogP contribution is 2.36. The normalized spacial score (nSPS) is 12.6. The van der Waals surface area contributed by atoms with Gasteiger partial charge < -0.3 is 9.47 Å². The predicted octanol–water partition coefficient (Wildman–Crippen LogP) is 4.21. The molecule has 0 fully saturated rings. The number of thioether (sulfide) groups is 1. The van der Waals surface area contributed by atoms with Crippen LogP contribution < -0.4 is 14.9 Å². The van der Waals surface area contributed by atoms with Crippen LogP contribution in [-0.2, 0) is 10.5 Å². The molecule has 0 radical (unpaired) electrons. The smallest absolute Gasteiger partial charge is 0.250 e. The molecule has 130 valence electrons. The van der Waals surface area contributed by atoms with Crippen LogP contribution in [0.5, 0.6) is 11.5 Å². The Morgan fingerprint density at radius 2 is 2.08 bits per heavy atom. The maximum atomic E-state index is 11.8. The molecule has 2 aromatic rings. The fourth-order valence-corrected chi connectivity index (χ4v) is 3.64. The van der Waals surface area contributed by atoms with Gasteiger partial charge in [-0.1, -0.05) is 29.8 Å². The molecule has 0 aromatic heterocycles. The summed E-state index contributed by atoms with van der Waals surface area (Å²) in [4.78, 5) is 11.8. The fourth-order valence-electron chi connectivity index (χ4n) is 2.11. The van der Waals surface area contributed by atoms with Crippen LogP contribution in [0.3, 0.4) is 0 Å². The number of halogens is 2. The van der Waals surface area contributed by atoms with Crippen molar-refractivity contribution in [3.05, 3.63) is 57.0 Å². The van der Waals surface area contributed by atoms with Gasteiger partial charge in [-0.05, 0) is 39.7 Å². The Morgan fingerprint density at radius 3 is 2.88 bits per heavy atom. The number of benzene rings is 2. The molecule has 0 saturated heterocycles. The number of nitrogens with zero attached hydrogens (tertiary/aromatic N) is 1. The van der Waals surface area contributed by atoms with E-state index >= 15 is 0 Å². The largest absolute Gasteiger partial charge is 0.454 e. The quantitative estimate of drug-likeness (QED) is 0.539. The third-order valence-electron chi connectivity index (χ3n) is 3.33. The molecule has 0 saturated carbocycles. The van der Waals surface area contributed by atoms with Gasteiger partial charge in [0.05, 0.1) is 12.0 Å². The Morgan fingerprint density at radius 1 is 1.32 bits per heavy atom. The third kappa shape index (κ3) is 4.90. The van der Waals surface area contributed by atoms with Crippen LogP contribution in [0.1, 0.15) is 11.1 Å². The first-order valence-corrected chi connectivity index (χ1v) is 9.68. The Kier molecular flexibility index (Phi) is 6.23. The molecule has 0 bridgehead atoms. The number of carbonyl (C=O) groups excluding carboxylic acids is 1. The van der Waals surface area contributed by atoms with Crippen LogP contribution in [-0.4, -0.2) is 24.7 Å². The first-order chi connectivity index (χ1) is 12.1. The average Bonchev–Trinajstić information content (AvgIpc) is 3.04. The fraction of sp³-hybridized carbons (Fsp3) is 0.176. The van der Waals surface area contributed by atoms with Crippen molar-refractivity contribution in [2.75, 3.05) is 12.5 Å². The van der Waals surface area contributed by atoms with E-state index < -0.39 is 0 Å². The number of hydrogen-bond donors (Lipinski definition) is 1. The molecule has 0 unspecified atom stereocenters. The summed E-state index contributed by atoms with van der Waals surface area (Å²) in [7, 11) is 0. The minimum atomic E-state index is -0.176. The third-order valence-corrected chi connectivity index (χ3v) is 5.37. The van der Waals surface area contributed by atoms with E-state index in [4.69, 9.17) is 21.1 Å². The van der Waals surface area contributed by atoms with Gasteiger partial charge in [0.15, 0.2) is 11.5 Å². The van der Waals surface area contributed by atoms with E-state index in [9.17, 15) is 4.79 Å². The van der Waals surface area contributed by atoms with Crippen molar-refractivity contribution in [2.45, 2.75) is 5.75 Å². The van der Waals surface area contributed by atoms with E-state index in [0.29, 0.717) is 28.0 Å². The lowest BCUT2D eigenvalue weighted by Crippen LogP contribution is -2.19. The van der Waals surface area contributed by atoms with Crippen molar-refractivity contribution >= 4 is 51.4 Å². The van der Waals surface area contributed by atoms with Crippen LogP contribution >= 0.6 is 39.3 Å². The summed E-state index contributed by atoms with van der Waals surface area (Å²) in [5.74, 6) is 2.13. The number of hydrazone groups is 1. The topological polar surface area (TPSA) is 59.9 Å². The number of nitrogens with one attached hydrogen (secondary N) is 1. The maximum Gasteiger partial charge on any atom is 0.250 e. The van der Waals surface area contributed by atoms with E-state index in [1.165, 1.54) is 11.8 Å². The van der Waals surface area contributed by atoms with Gasteiger partial charge in [0, 0.05) is 20.8 Å². The lowest BCUT2D eigenvalue weighted by Gasteiger charge is -2.04. The molecule has 1 heterocycles. The van der Waals surface area contributed by atoms with Crippen LogP contribution in [0.2, 0.25) is 5.02 Å². The molecule has 3 rings (SSSR count). The van der Waals surface area contributed by atoms with Crippen molar-refractivity contribution in [1.29, 1.82) is 0 Å². The van der Waals surface area contributed by atoms with E-state index in [0.717, 1.165) is 15.6 Å². The van der Waals surface area contributed by atoms with Gasteiger partial charge in [0.2, 0.25) is 12.7 Å². The Bertz CT molecular complexity index is 816. The highest BCUT2D eigenvalue weighted by Gasteiger charge is 2.15. The van der Waals surface area contributed by atoms with Crippen molar-refractivity contribution in [1.82, 2.24) is 5.43 Å². The molecule has 1 aliphatic rings. The van der Waals surface area contributed by atoms with Crippen molar-refractivity contribution in [3.63, 3.8) is 0 Å². The standard InChI is InChI=1S/C17H14BrClN2O3S/c18-13-6-16-15(23-10-24-16)5-12(13)7-20-21-17(22)9-25-8-11-3-1-2-4-14(11)19/h1-7H,8-10H2,(H,21,22)/b20-7+. The minimum absolute atomic E-state index is 0.176. The SMILES string of the molecule is O=C(CSCc1ccccc1Cl)N/N=C/c1cc2c(cc1Br)OCO2. The molecule has 25 heavy (non-hydrogen) atoms. The molecular weight excluding hydrogens is 428 g/mol. The average molecular weight is 442 g/mol. The Labute approximate surface area is 162 Å². The second-order valence-corrected chi connectivity index (χ2v) is 7.35. The second kappa shape index (κ2) is 8.60. The van der Waals surface area contributed by atoms with Gasteiger partial charge in [-0.15, -0.1) is 11.8 Å². The van der Waals surface area contributed by atoms with E-state index in [1.807, 2.05) is 30.3 Å². The molecule has 5 nitrogen and oxygen atoms in total. The minimum Gasteiger partial charge on any atom is -0.454 e. The van der Waals surface area contributed by atoms with Crippen molar-refractivity contribution in [2.24, 2.45) is 5.10 Å². The zero-order valence-electron chi connectivity index (χ0n) is 13.0. The van der Waals surface area contributed by atoms with E-state index in [1.54, 1.807) is 12.3 Å². The molecular formula is C17H14BrClN2O3S. The monoisotopic (exact) mass is 440 g/mol. The summed E-state index contributed by atoms with van der Waals surface area (Å²) < 4.78 is 11.4. The van der Waals surface area contributed by atoms with Gasteiger partial charge in [-0.2, -0.15) is 5.10 Å². The summed E-state index contributed by atoms with van der Waals surface area (Å²) in [6.07, 6.45) is 1.56. The van der Waals surface area contributed by atoms with Crippen molar-refractivity contribution < 1.29 is 14.3 Å². The van der Waals surface area contributed by atoms with E-state index in [-0.39, 0.29) is 12.7 Å².